The van der Waals surface area contributed by atoms with Crippen molar-refractivity contribution in [1.29, 1.82) is 0 Å². The first-order valence-corrected chi connectivity index (χ1v) is 10.5. The van der Waals surface area contributed by atoms with Gasteiger partial charge in [0.05, 0.1) is 23.7 Å². The zero-order valence-electron chi connectivity index (χ0n) is 16.9. The summed E-state index contributed by atoms with van der Waals surface area (Å²) in [4.78, 5) is 23.5. The number of aromatic nitrogens is 4. The van der Waals surface area contributed by atoms with Crippen LogP contribution in [0.5, 0.6) is 0 Å². The van der Waals surface area contributed by atoms with Crippen molar-refractivity contribution in [2.45, 2.75) is 25.9 Å². The summed E-state index contributed by atoms with van der Waals surface area (Å²) in [5.41, 5.74) is 4.16. The van der Waals surface area contributed by atoms with E-state index in [1.807, 2.05) is 58.4 Å². The van der Waals surface area contributed by atoms with Gasteiger partial charge in [0.2, 0.25) is 0 Å². The average Bonchev–Trinajstić information content (AvgIpc) is 3.45. The van der Waals surface area contributed by atoms with Gasteiger partial charge in [-0.3, -0.25) is 4.79 Å². The molecule has 0 radical (unpaired) electrons. The summed E-state index contributed by atoms with van der Waals surface area (Å²) < 4.78 is 4.27. The van der Waals surface area contributed by atoms with Gasteiger partial charge >= 0.3 is 0 Å². The van der Waals surface area contributed by atoms with Crippen LogP contribution < -0.4 is 0 Å². The fourth-order valence-electron chi connectivity index (χ4n) is 4.28. The van der Waals surface area contributed by atoms with Gasteiger partial charge in [-0.1, -0.05) is 24.3 Å². The summed E-state index contributed by atoms with van der Waals surface area (Å²) in [6.07, 6.45) is 9.50. The number of fused-ring (bicyclic) bond motifs is 1. The van der Waals surface area contributed by atoms with Gasteiger partial charge in [-0.2, -0.15) is 0 Å². The van der Waals surface area contributed by atoms with Crippen LogP contribution in [0.1, 0.15) is 28.8 Å². The van der Waals surface area contributed by atoms with Crippen LogP contribution in [-0.4, -0.2) is 43.0 Å². The number of carbonyl (C=O) groups is 1. The molecule has 1 fully saturated rings. The van der Waals surface area contributed by atoms with Gasteiger partial charge in [0.25, 0.3) is 5.91 Å². The van der Waals surface area contributed by atoms with Crippen molar-refractivity contribution < 1.29 is 4.79 Å². The Hall–Kier alpha value is -3.41. The van der Waals surface area contributed by atoms with E-state index < -0.39 is 0 Å². The van der Waals surface area contributed by atoms with Crippen molar-refractivity contribution in [3.63, 3.8) is 0 Å². The summed E-state index contributed by atoms with van der Waals surface area (Å²) in [6, 6.07) is 16.2. The Morgan fingerprint density at radius 2 is 1.80 bits per heavy atom. The molecule has 0 saturated carbocycles. The maximum absolute atomic E-state index is 12.9. The molecule has 6 heteroatoms. The van der Waals surface area contributed by atoms with E-state index in [1.165, 1.54) is 5.52 Å². The predicted octanol–water partition coefficient (Wildman–Crippen LogP) is 3.83. The number of rotatable bonds is 5. The molecule has 1 aliphatic heterocycles. The summed E-state index contributed by atoms with van der Waals surface area (Å²) in [5, 5.41) is 0. The monoisotopic (exact) mass is 399 g/mol. The number of carbonyl (C=O) groups excluding carboxylic acids is 1. The van der Waals surface area contributed by atoms with Gasteiger partial charge in [-0.25, -0.2) is 9.97 Å². The van der Waals surface area contributed by atoms with E-state index in [0.717, 1.165) is 55.7 Å². The number of nitrogens with zero attached hydrogens (tertiary/aromatic N) is 5. The molecule has 5 rings (SSSR count). The highest BCUT2D eigenvalue weighted by Gasteiger charge is 2.24. The largest absolute Gasteiger partial charge is 0.339 e. The van der Waals surface area contributed by atoms with Crippen LogP contribution in [-0.2, 0) is 13.1 Å². The molecule has 0 bridgehead atoms. The topological polar surface area (TPSA) is 56.0 Å². The molecule has 0 spiro atoms. The zero-order valence-corrected chi connectivity index (χ0v) is 16.9. The van der Waals surface area contributed by atoms with Crippen molar-refractivity contribution in [3.8, 4) is 0 Å². The van der Waals surface area contributed by atoms with Crippen molar-refractivity contribution in [1.82, 2.24) is 24.0 Å². The fourth-order valence-corrected chi connectivity index (χ4v) is 4.28. The molecule has 152 valence electrons. The predicted molar refractivity (Wildman–Crippen MR) is 116 cm³/mol. The first-order valence-electron chi connectivity index (χ1n) is 10.5. The first kappa shape index (κ1) is 18.6. The minimum Gasteiger partial charge on any atom is -0.339 e. The van der Waals surface area contributed by atoms with Gasteiger partial charge in [-0.15, -0.1) is 0 Å². The second-order valence-corrected chi connectivity index (χ2v) is 8.05. The molecular formula is C24H25N5O. The van der Waals surface area contributed by atoms with Gasteiger partial charge in [-0.05, 0) is 48.6 Å². The maximum atomic E-state index is 12.9. The summed E-state index contributed by atoms with van der Waals surface area (Å²) in [5.74, 6) is 0.708. The molecule has 30 heavy (non-hydrogen) atoms. The van der Waals surface area contributed by atoms with E-state index in [0.29, 0.717) is 5.92 Å². The second kappa shape index (κ2) is 8.14. The van der Waals surface area contributed by atoms with Crippen LogP contribution in [0.3, 0.4) is 0 Å². The lowest BCUT2D eigenvalue weighted by atomic mass is 9.96. The van der Waals surface area contributed by atoms with Crippen LogP contribution >= 0.6 is 0 Å². The Bertz CT molecular complexity index is 1120. The van der Waals surface area contributed by atoms with E-state index in [4.69, 9.17) is 0 Å². The number of amides is 1. The maximum Gasteiger partial charge on any atom is 0.253 e. The highest BCUT2D eigenvalue weighted by Crippen LogP contribution is 2.23. The molecule has 1 amide bonds. The normalized spacial score (nSPS) is 15.0. The third kappa shape index (κ3) is 3.85. The van der Waals surface area contributed by atoms with E-state index in [9.17, 15) is 4.79 Å². The standard InChI is InChI=1S/C24H25N5O/c30-24(21-7-5-19(6-8-21)15-27-14-11-25-17-27)28-12-9-20(10-13-28)16-29-18-26-22-3-1-2-4-23(22)29/h1-8,11,14,17-18,20H,9-10,12-13,15-16H2. The number of piperidine rings is 1. The van der Waals surface area contributed by atoms with Gasteiger partial charge in [0.1, 0.15) is 0 Å². The van der Waals surface area contributed by atoms with Crippen LogP contribution in [0.4, 0.5) is 0 Å². The number of para-hydroxylation sites is 2. The third-order valence-electron chi connectivity index (χ3n) is 6.01. The Labute approximate surface area is 175 Å². The highest BCUT2D eigenvalue weighted by atomic mass is 16.2. The van der Waals surface area contributed by atoms with Crippen LogP contribution in [0.15, 0.2) is 73.6 Å². The average molecular weight is 399 g/mol. The molecule has 3 heterocycles. The van der Waals surface area contributed by atoms with Gasteiger partial charge in [0, 0.05) is 44.1 Å². The van der Waals surface area contributed by atoms with Gasteiger partial charge in [0.15, 0.2) is 0 Å². The van der Waals surface area contributed by atoms with Crippen molar-refractivity contribution in [3.05, 3.63) is 84.7 Å². The molecule has 4 aromatic rings. The van der Waals surface area contributed by atoms with Crippen molar-refractivity contribution >= 4 is 16.9 Å². The third-order valence-corrected chi connectivity index (χ3v) is 6.01. The van der Waals surface area contributed by atoms with E-state index in [2.05, 4.69) is 26.7 Å². The van der Waals surface area contributed by atoms with E-state index >= 15 is 0 Å². The number of likely N-dealkylation sites (tertiary alicyclic amines) is 1. The van der Waals surface area contributed by atoms with E-state index in [-0.39, 0.29) is 5.91 Å². The van der Waals surface area contributed by atoms with Gasteiger partial charge < -0.3 is 14.0 Å². The highest BCUT2D eigenvalue weighted by molar-refractivity contribution is 5.94. The Kier molecular flexibility index (Phi) is 5.05. The summed E-state index contributed by atoms with van der Waals surface area (Å²) in [7, 11) is 0. The van der Waals surface area contributed by atoms with Crippen LogP contribution in [0.2, 0.25) is 0 Å². The SMILES string of the molecule is O=C(c1ccc(Cn2ccnc2)cc1)N1CCC(Cn2cnc3ccccc32)CC1. The van der Waals surface area contributed by atoms with E-state index in [1.54, 1.807) is 12.5 Å². The molecular weight excluding hydrogens is 374 g/mol. The molecule has 0 aliphatic carbocycles. The smallest absolute Gasteiger partial charge is 0.253 e. The van der Waals surface area contributed by atoms with Crippen LogP contribution in [0, 0.1) is 5.92 Å². The molecule has 1 aliphatic rings. The Morgan fingerprint density at radius 3 is 2.57 bits per heavy atom. The number of hydrogen-bond donors (Lipinski definition) is 0. The number of benzene rings is 2. The quantitative estimate of drug-likeness (QED) is 0.512. The molecule has 0 N–H and O–H groups in total. The minimum absolute atomic E-state index is 0.135. The Morgan fingerprint density at radius 1 is 1.00 bits per heavy atom. The summed E-state index contributed by atoms with van der Waals surface area (Å²) in [6.45, 7) is 3.36. The first-order chi connectivity index (χ1) is 14.8. The lowest BCUT2D eigenvalue weighted by molar-refractivity contribution is 0.0683. The summed E-state index contributed by atoms with van der Waals surface area (Å²) >= 11 is 0. The lowest BCUT2D eigenvalue weighted by Gasteiger charge is -2.32. The number of imidazole rings is 2. The Balaban J connectivity index is 1.17. The van der Waals surface area contributed by atoms with Crippen LogP contribution in [0.25, 0.3) is 11.0 Å². The molecule has 0 unspecified atom stereocenters. The zero-order chi connectivity index (χ0) is 20.3. The molecule has 2 aromatic carbocycles. The minimum atomic E-state index is 0.135. The number of hydrogen-bond acceptors (Lipinski definition) is 3. The fraction of sp³-hybridized carbons (Fsp3) is 0.292. The van der Waals surface area contributed by atoms with Crippen molar-refractivity contribution in [2.24, 2.45) is 5.92 Å². The molecule has 2 aromatic heterocycles. The second-order valence-electron chi connectivity index (χ2n) is 8.05. The molecule has 6 nitrogen and oxygen atoms in total. The lowest BCUT2D eigenvalue weighted by Crippen LogP contribution is -2.39. The molecule has 0 atom stereocenters. The van der Waals surface area contributed by atoms with Crippen molar-refractivity contribution in [2.75, 3.05) is 13.1 Å². The molecule has 1 saturated heterocycles.